The Kier molecular flexibility index (Phi) is 5.04. The van der Waals surface area contributed by atoms with Gasteiger partial charge in [-0.25, -0.2) is 9.48 Å². The van der Waals surface area contributed by atoms with E-state index in [2.05, 4.69) is 20.8 Å². The molecule has 1 aromatic carbocycles. The van der Waals surface area contributed by atoms with Crippen LogP contribution in [0.4, 0.5) is 0 Å². The van der Waals surface area contributed by atoms with E-state index < -0.39 is 6.04 Å². The third-order valence-corrected chi connectivity index (χ3v) is 5.29. The maximum atomic E-state index is 12.6. The van der Waals surface area contributed by atoms with Crippen LogP contribution in [-0.2, 0) is 11.3 Å². The van der Waals surface area contributed by atoms with Crippen LogP contribution in [0.25, 0.3) is 15.8 Å². The molecule has 1 amide bonds. The second-order valence-corrected chi connectivity index (χ2v) is 7.22. The first-order chi connectivity index (χ1) is 14.1. The number of tetrazole rings is 1. The molecular weight excluding hydrogens is 394 g/mol. The maximum Gasteiger partial charge on any atom is 0.369 e. The average molecular weight is 411 g/mol. The molecular formula is C18H17N7O3S. The first-order valence-corrected chi connectivity index (χ1v) is 9.75. The molecule has 0 aliphatic rings. The molecule has 148 valence electrons. The van der Waals surface area contributed by atoms with Crippen LogP contribution in [0, 0.1) is 0 Å². The van der Waals surface area contributed by atoms with Crippen LogP contribution in [-0.4, -0.2) is 42.0 Å². The number of benzene rings is 1. The van der Waals surface area contributed by atoms with E-state index in [1.807, 2.05) is 17.5 Å². The highest BCUT2D eigenvalue weighted by atomic mass is 32.1. The Balaban J connectivity index is 1.42. The van der Waals surface area contributed by atoms with Gasteiger partial charge in [0, 0.05) is 11.9 Å². The summed E-state index contributed by atoms with van der Waals surface area (Å²) in [4.78, 5) is 37.4. The fourth-order valence-electron chi connectivity index (χ4n) is 2.87. The van der Waals surface area contributed by atoms with Gasteiger partial charge in [0.15, 0.2) is 0 Å². The van der Waals surface area contributed by atoms with Crippen LogP contribution in [0.1, 0.15) is 13.0 Å². The number of fused-ring (bicyclic) bond motifs is 1. The third kappa shape index (κ3) is 3.59. The van der Waals surface area contributed by atoms with E-state index >= 15 is 0 Å². The van der Waals surface area contributed by atoms with Gasteiger partial charge >= 0.3 is 5.69 Å². The number of hydrogen-bond donors (Lipinski definition) is 1. The average Bonchev–Trinajstić information content (AvgIpc) is 3.38. The van der Waals surface area contributed by atoms with E-state index in [1.165, 1.54) is 20.7 Å². The molecule has 0 aliphatic carbocycles. The standard InChI is InChI=1S/C18H17N7O3S/c1-12(24-17(27)14-6-3-2-5-13(14)11-20-24)16(26)19-8-9-23-18(28)25(22-21-23)15-7-4-10-29-15/h2-7,10-12H,8-9H2,1H3,(H,19,26)/t12-/m0/s1. The number of aromatic nitrogens is 6. The van der Waals surface area contributed by atoms with Crippen molar-refractivity contribution in [3.05, 3.63) is 68.8 Å². The van der Waals surface area contributed by atoms with Crippen LogP contribution in [0.3, 0.4) is 0 Å². The minimum Gasteiger partial charge on any atom is -0.352 e. The predicted molar refractivity (Wildman–Crippen MR) is 107 cm³/mol. The van der Waals surface area contributed by atoms with Crippen molar-refractivity contribution in [1.82, 2.24) is 34.9 Å². The van der Waals surface area contributed by atoms with Gasteiger partial charge in [0.25, 0.3) is 5.56 Å². The predicted octanol–water partition coefficient (Wildman–Crippen LogP) is 0.578. The van der Waals surface area contributed by atoms with Gasteiger partial charge in [0.1, 0.15) is 11.0 Å². The molecule has 10 nitrogen and oxygen atoms in total. The van der Waals surface area contributed by atoms with Gasteiger partial charge in [-0.2, -0.15) is 14.5 Å². The summed E-state index contributed by atoms with van der Waals surface area (Å²) in [5.41, 5.74) is -0.719. The van der Waals surface area contributed by atoms with Crippen molar-refractivity contribution in [1.29, 1.82) is 0 Å². The topological polar surface area (TPSA) is 117 Å². The molecule has 4 rings (SSSR count). The number of rotatable bonds is 6. The lowest BCUT2D eigenvalue weighted by atomic mass is 10.2. The van der Waals surface area contributed by atoms with E-state index in [-0.39, 0.29) is 30.2 Å². The summed E-state index contributed by atoms with van der Waals surface area (Å²) in [6, 6.07) is 9.86. The number of nitrogens with one attached hydrogen (secondary N) is 1. The highest BCUT2D eigenvalue weighted by Gasteiger charge is 2.18. The van der Waals surface area contributed by atoms with Gasteiger partial charge in [0.2, 0.25) is 5.91 Å². The monoisotopic (exact) mass is 411 g/mol. The minimum atomic E-state index is -0.800. The van der Waals surface area contributed by atoms with E-state index in [1.54, 1.807) is 37.4 Å². The Morgan fingerprint density at radius 1 is 1.17 bits per heavy atom. The molecule has 29 heavy (non-hydrogen) atoms. The second-order valence-electron chi connectivity index (χ2n) is 6.30. The van der Waals surface area contributed by atoms with Crippen molar-refractivity contribution >= 4 is 28.0 Å². The maximum absolute atomic E-state index is 12.6. The molecule has 0 aliphatic heterocycles. The Bertz CT molecular complexity index is 1270. The van der Waals surface area contributed by atoms with Crippen LogP contribution in [0.2, 0.25) is 0 Å². The van der Waals surface area contributed by atoms with E-state index in [9.17, 15) is 14.4 Å². The first kappa shape index (κ1) is 18.7. The fourth-order valence-corrected chi connectivity index (χ4v) is 3.54. The fraction of sp³-hybridized carbons (Fsp3) is 0.222. The molecule has 0 bridgehead atoms. The minimum absolute atomic E-state index is 0.155. The Morgan fingerprint density at radius 3 is 2.79 bits per heavy atom. The highest BCUT2D eigenvalue weighted by Crippen LogP contribution is 2.11. The molecule has 1 N–H and O–H groups in total. The largest absolute Gasteiger partial charge is 0.369 e. The summed E-state index contributed by atoms with van der Waals surface area (Å²) in [5.74, 6) is -0.381. The van der Waals surface area contributed by atoms with Crippen molar-refractivity contribution in [3.8, 4) is 5.00 Å². The number of hydrogen-bond acceptors (Lipinski definition) is 7. The van der Waals surface area contributed by atoms with Crippen LogP contribution in [0.5, 0.6) is 0 Å². The highest BCUT2D eigenvalue weighted by molar-refractivity contribution is 7.12. The molecule has 3 heterocycles. The van der Waals surface area contributed by atoms with Crippen LogP contribution < -0.4 is 16.6 Å². The molecule has 0 saturated carbocycles. The van der Waals surface area contributed by atoms with Gasteiger partial charge in [0.05, 0.1) is 18.1 Å². The molecule has 0 spiro atoms. The van der Waals surface area contributed by atoms with Crippen molar-refractivity contribution in [3.63, 3.8) is 0 Å². The van der Waals surface area contributed by atoms with E-state index in [4.69, 9.17) is 0 Å². The molecule has 11 heteroatoms. The Morgan fingerprint density at radius 2 is 2.00 bits per heavy atom. The van der Waals surface area contributed by atoms with Gasteiger partial charge in [-0.15, -0.1) is 11.3 Å². The summed E-state index contributed by atoms with van der Waals surface area (Å²) < 4.78 is 3.52. The molecule has 4 aromatic rings. The number of amides is 1. The number of carbonyl (C=O) groups excluding carboxylic acids is 1. The van der Waals surface area contributed by atoms with Gasteiger partial charge < -0.3 is 5.32 Å². The number of nitrogens with zero attached hydrogens (tertiary/aromatic N) is 6. The number of carbonyl (C=O) groups is 1. The van der Waals surface area contributed by atoms with Crippen molar-refractivity contribution < 1.29 is 4.79 Å². The zero-order valence-electron chi connectivity index (χ0n) is 15.4. The van der Waals surface area contributed by atoms with Crippen LogP contribution in [0.15, 0.2) is 57.6 Å². The van der Waals surface area contributed by atoms with Gasteiger partial charge in [-0.3, -0.25) is 9.59 Å². The molecule has 1 atom stereocenters. The molecule has 0 fully saturated rings. The first-order valence-electron chi connectivity index (χ1n) is 8.87. The lowest BCUT2D eigenvalue weighted by Crippen LogP contribution is -2.39. The normalized spacial score (nSPS) is 12.2. The van der Waals surface area contributed by atoms with Gasteiger partial charge in [-0.05, 0) is 40.9 Å². The summed E-state index contributed by atoms with van der Waals surface area (Å²) in [5, 5.41) is 18.2. The van der Waals surface area contributed by atoms with E-state index in [0.717, 1.165) is 10.1 Å². The SMILES string of the molecule is C[C@@H](C(=O)NCCn1nnn(-c2cccs2)c1=O)n1ncc2ccccc2c1=O. The molecule has 0 radical (unpaired) electrons. The Hall–Kier alpha value is -3.60. The summed E-state index contributed by atoms with van der Waals surface area (Å²) >= 11 is 1.37. The lowest BCUT2D eigenvalue weighted by Gasteiger charge is -2.14. The molecule has 0 saturated heterocycles. The Labute approximate surface area is 168 Å². The second kappa shape index (κ2) is 7.80. The van der Waals surface area contributed by atoms with Gasteiger partial charge in [-0.1, -0.05) is 18.2 Å². The zero-order chi connectivity index (χ0) is 20.4. The van der Waals surface area contributed by atoms with E-state index in [0.29, 0.717) is 10.4 Å². The molecule has 0 unspecified atom stereocenters. The summed E-state index contributed by atoms with van der Waals surface area (Å²) in [6.07, 6.45) is 1.56. The van der Waals surface area contributed by atoms with Crippen LogP contribution >= 0.6 is 11.3 Å². The smallest absolute Gasteiger partial charge is 0.352 e. The van der Waals surface area contributed by atoms with Crippen molar-refractivity contribution in [2.75, 3.05) is 6.54 Å². The summed E-state index contributed by atoms with van der Waals surface area (Å²) in [6.45, 7) is 1.91. The lowest BCUT2D eigenvalue weighted by molar-refractivity contribution is -0.124. The van der Waals surface area contributed by atoms with Crippen molar-refractivity contribution in [2.24, 2.45) is 0 Å². The number of thiophene rings is 1. The summed E-state index contributed by atoms with van der Waals surface area (Å²) in [7, 11) is 0. The van der Waals surface area contributed by atoms with Crippen molar-refractivity contribution in [2.45, 2.75) is 19.5 Å². The quantitative estimate of drug-likeness (QED) is 0.496. The zero-order valence-corrected chi connectivity index (χ0v) is 16.2. The third-order valence-electron chi connectivity index (χ3n) is 4.44. The molecule has 3 aromatic heterocycles.